The van der Waals surface area contributed by atoms with Crippen molar-refractivity contribution in [2.75, 3.05) is 11.4 Å². The first-order valence-corrected chi connectivity index (χ1v) is 6.49. The third-order valence-electron chi connectivity index (χ3n) is 2.89. The summed E-state index contributed by atoms with van der Waals surface area (Å²) in [5.74, 6) is 0. The molecule has 1 saturated carbocycles. The number of nitrogens with zero attached hydrogens (tertiary/aromatic N) is 1. The van der Waals surface area contributed by atoms with Crippen molar-refractivity contribution >= 4 is 34.5 Å². The van der Waals surface area contributed by atoms with E-state index in [1.165, 1.54) is 11.0 Å². The fourth-order valence-corrected chi connectivity index (χ4v) is 2.40. The number of halogens is 4. The lowest BCUT2D eigenvalue weighted by molar-refractivity contribution is -0.120. The molecular formula is C12H12ClF3N2S. The second kappa shape index (κ2) is 5.17. The van der Waals surface area contributed by atoms with Gasteiger partial charge in [-0.3, -0.25) is 0 Å². The molecule has 7 heteroatoms. The van der Waals surface area contributed by atoms with Gasteiger partial charge < -0.3 is 10.6 Å². The lowest BCUT2D eigenvalue weighted by Crippen LogP contribution is -2.36. The highest BCUT2D eigenvalue weighted by Crippen LogP contribution is 2.35. The zero-order valence-corrected chi connectivity index (χ0v) is 11.4. The molecule has 1 aliphatic carbocycles. The topological polar surface area (TPSA) is 29.3 Å². The molecule has 0 amide bonds. The number of hydrogen-bond donors (Lipinski definition) is 1. The van der Waals surface area contributed by atoms with E-state index in [2.05, 4.69) is 0 Å². The summed E-state index contributed by atoms with van der Waals surface area (Å²) in [4.78, 5) is 1.46. The number of nitrogens with two attached hydrogens (primary N) is 1. The Hall–Kier alpha value is -1.01. The molecule has 104 valence electrons. The van der Waals surface area contributed by atoms with Crippen molar-refractivity contribution in [2.24, 2.45) is 5.73 Å². The smallest absolute Gasteiger partial charge is 0.389 e. The lowest BCUT2D eigenvalue weighted by atomic mass is 10.2. The van der Waals surface area contributed by atoms with Crippen LogP contribution in [0.3, 0.4) is 0 Å². The average Bonchev–Trinajstić information content (AvgIpc) is 3.07. The minimum absolute atomic E-state index is 0.0617. The van der Waals surface area contributed by atoms with E-state index in [4.69, 9.17) is 29.6 Å². The summed E-state index contributed by atoms with van der Waals surface area (Å²) in [6, 6.07) is 4.56. The number of benzene rings is 1. The highest BCUT2D eigenvalue weighted by atomic mass is 35.5. The molecule has 0 saturated heterocycles. The molecule has 2 rings (SSSR count). The predicted molar refractivity (Wildman–Crippen MR) is 73.8 cm³/mol. The van der Waals surface area contributed by atoms with E-state index in [9.17, 15) is 13.2 Å². The average molecular weight is 309 g/mol. The molecule has 0 radical (unpaired) electrons. The Balaban J connectivity index is 2.27. The number of thiocarbonyl (C=S) groups is 1. The maximum absolute atomic E-state index is 12.6. The molecule has 0 bridgehead atoms. The highest BCUT2D eigenvalue weighted by Gasteiger charge is 2.38. The van der Waals surface area contributed by atoms with Crippen LogP contribution < -0.4 is 10.6 Å². The van der Waals surface area contributed by atoms with E-state index in [0.717, 1.165) is 12.8 Å². The van der Waals surface area contributed by atoms with Crippen LogP contribution in [0.25, 0.3) is 0 Å². The van der Waals surface area contributed by atoms with Crippen LogP contribution in [0.15, 0.2) is 18.2 Å². The highest BCUT2D eigenvalue weighted by molar-refractivity contribution is 7.80. The molecule has 1 aliphatic rings. The maximum Gasteiger partial charge on any atom is 0.405 e. The Morgan fingerprint density at radius 1 is 1.42 bits per heavy atom. The molecule has 1 aromatic carbocycles. The van der Waals surface area contributed by atoms with Crippen LogP contribution in [-0.4, -0.2) is 23.8 Å². The first-order valence-electron chi connectivity index (χ1n) is 5.70. The van der Waals surface area contributed by atoms with E-state index in [0.29, 0.717) is 11.3 Å². The van der Waals surface area contributed by atoms with Gasteiger partial charge >= 0.3 is 6.18 Å². The molecule has 0 atom stereocenters. The van der Waals surface area contributed by atoms with Crippen LogP contribution >= 0.6 is 23.8 Å². The Bertz CT molecular complexity index is 500. The first kappa shape index (κ1) is 14.4. The van der Waals surface area contributed by atoms with Gasteiger partial charge in [-0.15, -0.1) is 0 Å². The third kappa shape index (κ3) is 3.73. The minimum atomic E-state index is -4.24. The Morgan fingerprint density at radius 3 is 2.47 bits per heavy atom. The van der Waals surface area contributed by atoms with Crippen molar-refractivity contribution in [1.82, 2.24) is 0 Å². The van der Waals surface area contributed by atoms with Gasteiger partial charge in [-0.2, -0.15) is 13.2 Å². The lowest BCUT2D eigenvalue weighted by Gasteiger charge is -2.26. The number of hydrogen-bond acceptors (Lipinski definition) is 2. The van der Waals surface area contributed by atoms with E-state index >= 15 is 0 Å². The molecule has 1 fully saturated rings. The number of anilines is 1. The van der Waals surface area contributed by atoms with Gasteiger partial charge in [-0.25, -0.2) is 0 Å². The zero-order chi connectivity index (χ0) is 14.2. The van der Waals surface area contributed by atoms with Crippen molar-refractivity contribution in [3.63, 3.8) is 0 Å². The van der Waals surface area contributed by atoms with Crippen LogP contribution in [0.2, 0.25) is 5.02 Å². The summed E-state index contributed by atoms with van der Waals surface area (Å²) in [5.41, 5.74) is 6.39. The molecule has 2 N–H and O–H groups in total. The first-order chi connectivity index (χ1) is 8.78. The van der Waals surface area contributed by atoms with Gasteiger partial charge in [0.2, 0.25) is 0 Å². The summed E-state index contributed by atoms with van der Waals surface area (Å²) in [6.07, 6.45) is -2.70. The second-order valence-electron chi connectivity index (χ2n) is 4.50. The molecule has 1 aromatic rings. The van der Waals surface area contributed by atoms with Crippen molar-refractivity contribution in [3.05, 3.63) is 28.8 Å². The van der Waals surface area contributed by atoms with Crippen molar-refractivity contribution < 1.29 is 13.2 Å². The van der Waals surface area contributed by atoms with Crippen LogP contribution in [0, 0.1) is 0 Å². The normalized spacial score (nSPS) is 15.4. The molecule has 0 unspecified atom stereocenters. The van der Waals surface area contributed by atoms with Gasteiger partial charge in [-0.05, 0) is 31.0 Å². The fraction of sp³-hybridized carbons (Fsp3) is 0.417. The molecule has 19 heavy (non-hydrogen) atoms. The van der Waals surface area contributed by atoms with Crippen molar-refractivity contribution in [3.8, 4) is 0 Å². The standard InChI is InChI=1S/C12H12ClF3N2S/c13-10-5-8(3-4-9(10)11(17)19)18(7-1-2-7)6-12(14,15)16/h3-5,7H,1-2,6H2,(H2,17,19). The molecule has 0 spiro atoms. The van der Waals surface area contributed by atoms with Gasteiger partial charge in [0.25, 0.3) is 0 Å². The van der Waals surface area contributed by atoms with E-state index in [-0.39, 0.29) is 16.1 Å². The van der Waals surface area contributed by atoms with E-state index in [1.54, 1.807) is 12.1 Å². The fourth-order valence-electron chi connectivity index (χ4n) is 1.89. The third-order valence-corrected chi connectivity index (χ3v) is 3.42. The SMILES string of the molecule is NC(=S)c1ccc(N(CC(F)(F)F)C2CC2)cc1Cl. The van der Waals surface area contributed by atoms with Crippen LogP contribution in [-0.2, 0) is 0 Å². The minimum Gasteiger partial charge on any atom is -0.389 e. The van der Waals surface area contributed by atoms with E-state index < -0.39 is 12.7 Å². The van der Waals surface area contributed by atoms with Crippen LogP contribution in [0.4, 0.5) is 18.9 Å². The molecule has 0 aliphatic heterocycles. The van der Waals surface area contributed by atoms with Gasteiger partial charge in [0, 0.05) is 17.3 Å². The molecular weight excluding hydrogens is 297 g/mol. The van der Waals surface area contributed by atoms with Gasteiger partial charge in [0.05, 0.1) is 5.02 Å². The molecule has 2 nitrogen and oxygen atoms in total. The largest absolute Gasteiger partial charge is 0.405 e. The van der Waals surface area contributed by atoms with Crippen molar-refractivity contribution in [2.45, 2.75) is 25.1 Å². The molecule has 0 aromatic heterocycles. The second-order valence-corrected chi connectivity index (χ2v) is 5.35. The Morgan fingerprint density at radius 2 is 2.05 bits per heavy atom. The number of alkyl halides is 3. The summed E-state index contributed by atoms with van der Waals surface area (Å²) < 4.78 is 37.7. The van der Waals surface area contributed by atoms with Gasteiger partial charge in [0.1, 0.15) is 11.5 Å². The van der Waals surface area contributed by atoms with Crippen molar-refractivity contribution in [1.29, 1.82) is 0 Å². The van der Waals surface area contributed by atoms with Gasteiger partial charge in [0.15, 0.2) is 0 Å². The Kier molecular flexibility index (Phi) is 3.92. The molecule has 0 heterocycles. The van der Waals surface area contributed by atoms with Crippen LogP contribution in [0.5, 0.6) is 0 Å². The zero-order valence-electron chi connectivity index (χ0n) is 9.88. The predicted octanol–water partition coefficient (Wildman–Crippen LogP) is 3.51. The number of rotatable bonds is 4. The van der Waals surface area contributed by atoms with E-state index in [1.807, 2.05) is 0 Å². The summed E-state index contributed by atoms with van der Waals surface area (Å²) in [7, 11) is 0. The summed E-state index contributed by atoms with van der Waals surface area (Å²) >= 11 is 10.8. The van der Waals surface area contributed by atoms with Gasteiger partial charge in [-0.1, -0.05) is 23.8 Å². The summed E-state index contributed by atoms with van der Waals surface area (Å²) in [6.45, 7) is -0.972. The maximum atomic E-state index is 12.6. The summed E-state index contributed by atoms with van der Waals surface area (Å²) in [5, 5.41) is 0.276. The Labute approximate surface area is 119 Å². The quantitative estimate of drug-likeness (QED) is 0.863. The monoisotopic (exact) mass is 308 g/mol. The van der Waals surface area contributed by atoms with Crippen LogP contribution in [0.1, 0.15) is 18.4 Å².